The first-order valence-corrected chi connectivity index (χ1v) is 19.8. The maximum atomic E-state index is 13.9. The average Bonchev–Trinajstić information content (AvgIpc) is 3.67. The summed E-state index contributed by atoms with van der Waals surface area (Å²) in [6.07, 6.45) is 0.779. The molecule has 2 aromatic carbocycles. The summed E-state index contributed by atoms with van der Waals surface area (Å²) in [6.45, 7) is 16.3. The van der Waals surface area contributed by atoms with E-state index in [2.05, 4.69) is 50.0 Å². The molecule has 0 radical (unpaired) electrons. The zero-order chi connectivity index (χ0) is 40.9. The number of likely N-dealkylation sites (tertiary alicyclic amines) is 1. The van der Waals surface area contributed by atoms with Gasteiger partial charge in [-0.25, -0.2) is 0 Å². The molecule has 3 fully saturated rings. The molecule has 3 atom stereocenters. The van der Waals surface area contributed by atoms with Gasteiger partial charge in [0.25, 0.3) is 5.91 Å². The molecule has 0 unspecified atom stereocenters. The Morgan fingerprint density at radius 3 is 2.38 bits per heavy atom. The summed E-state index contributed by atoms with van der Waals surface area (Å²) in [5.74, 6) is -0.691. The lowest BCUT2D eigenvalue weighted by atomic mass is 9.49. The van der Waals surface area contributed by atoms with Crippen molar-refractivity contribution in [2.75, 3.05) is 37.7 Å². The number of benzene rings is 2. The van der Waals surface area contributed by atoms with Gasteiger partial charge >= 0.3 is 0 Å². The minimum atomic E-state index is -0.929. The van der Waals surface area contributed by atoms with Gasteiger partial charge in [-0.05, 0) is 60.1 Å². The van der Waals surface area contributed by atoms with Crippen molar-refractivity contribution in [3.8, 4) is 11.8 Å². The van der Waals surface area contributed by atoms with E-state index in [4.69, 9.17) is 26.8 Å². The molecule has 0 aromatic heterocycles. The number of halogens is 1. The van der Waals surface area contributed by atoms with Crippen molar-refractivity contribution in [1.82, 2.24) is 15.1 Å². The molecule has 4 N–H and O–H groups in total. The number of β-amino-alcohol motifs (C(OH)–C–C–N with tert-alkyl or cyclic N) is 1. The fraction of sp³-hybridized carbons (Fsp3) is 0.595. The van der Waals surface area contributed by atoms with Crippen molar-refractivity contribution in [2.24, 2.45) is 27.9 Å². The molecule has 56 heavy (non-hydrogen) atoms. The number of nitrogens with two attached hydrogens (primary N) is 1. The lowest BCUT2D eigenvalue weighted by Gasteiger charge is -2.65. The molecule has 13 nitrogen and oxygen atoms in total. The lowest BCUT2D eigenvalue weighted by Crippen LogP contribution is -2.74. The Morgan fingerprint density at radius 2 is 1.77 bits per heavy atom. The predicted octanol–water partition coefficient (Wildman–Crippen LogP) is 4.26. The van der Waals surface area contributed by atoms with Gasteiger partial charge in [-0.1, -0.05) is 60.1 Å². The van der Waals surface area contributed by atoms with Crippen LogP contribution in [0.25, 0.3) is 0 Å². The van der Waals surface area contributed by atoms with E-state index in [-0.39, 0.29) is 54.4 Å². The smallest absolute Gasteiger partial charge is 0.254 e. The molecule has 4 aliphatic rings. The number of nitrogens with one attached hydrogen (secondary N) is 1. The van der Waals surface area contributed by atoms with Crippen molar-refractivity contribution in [2.45, 2.75) is 105 Å². The third-order valence-electron chi connectivity index (χ3n) is 12.2. The number of hydrogen-bond donors (Lipinski definition) is 3. The average molecular weight is 791 g/mol. The van der Waals surface area contributed by atoms with E-state index in [9.17, 15) is 29.5 Å². The monoisotopic (exact) mass is 790 g/mol. The highest BCUT2D eigenvalue weighted by Crippen LogP contribution is 2.59. The normalized spacial score (nSPS) is 24.9. The van der Waals surface area contributed by atoms with Gasteiger partial charge in [0.2, 0.25) is 17.7 Å². The molecule has 0 bridgehead atoms. The Hall–Kier alpha value is -4.38. The molecule has 2 aromatic rings. The predicted molar refractivity (Wildman–Crippen MR) is 211 cm³/mol. The van der Waals surface area contributed by atoms with Gasteiger partial charge in [0, 0.05) is 66.8 Å². The van der Waals surface area contributed by atoms with Crippen LogP contribution in [-0.4, -0.2) is 102 Å². The Morgan fingerprint density at radius 1 is 1.09 bits per heavy atom. The molecule has 3 heterocycles. The molecule has 6 rings (SSSR count). The van der Waals surface area contributed by atoms with E-state index in [1.807, 2.05) is 37.8 Å². The van der Waals surface area contributed by atoms with Crippen molar-refractivity contribution in [3.63, 3.8) is 0 Å². The molecule has 14 heteroatoms. The van der Waals surface area contributed by atoms with E-state index in [0.717, 1.165) is 42.7 Å². The molecule has 302 valence electrons. The number of anilines is 1. The summed E-state index contributed by atoms with van der Waals surface area (Å²) >= 11 is 6.29. The second-order valence-electron chi connectivity index (χ2n) is 18.2. The van der Waals surface area contributed by atoms with Crippen molar-refractivity contribution in [1.29, 1.82) is 5.26 Å². The summed E-state index contributed by atoms with van der Waals surface area (Å²) in [4.78, 5) is 57.8. The third-order valence-corrected chi connectivity index (χ3v) is 12.5. The number of fused-ring (bicyclic) bond motifs is 1. The molecule has 1 aliphatic carbocycles. The van der Waals surface area contributed by atoms with E-state index < -0.39 is 41.3 Å². The zero-order valence-electron chi connectivity index (χ0n) is 33.4. The minimum Gasteiger partial charge on any atom is -0.489 e. The molecule has 2 saturated heterocycles. The molecule has 1 saturated carbocycles. The first kappa shape index (κ1) is 41.3. The largest absolute Gasteiger partial charge is 0.489 e. The summed E-state index contributed by atoms with van der Waals surface area (Å²) in [5.41, 5.74) is 7.33. The fourth-order valence-corrected chi connectivity index (χ4v) is 9.98. The Labute approximate surface area is 334 Å². The minimum absolute atomic E-state index is 0.0149. The molecular formula is C42H55ClN6O7. The van der Waals surface area contributed by atoms with Crippen LogP contribution in [0.3, 0.4) is 0 Å². The summed E-state index contributed by atoms with van der Waals surface area (Å²) in [7, 11) is 0. The number of carbonyl (C=O) groups excluding carboxylic acids is 4. The van der Waals surface area contributed by atoms with Crippen LogP contribution in [0.1, 0.15) is 89.2 Å². The van der Waals surface area contributed by atoms with E-state index in [1.54, 1.807) is 18.2 Å². The van der Waals surface area contributed by atoms with Gasteiger partial charge in [-0.2, -0.15) is 5.26 Å². The number of nitrogens with zero attached hydrogens (tertiary/aromatic N) is 4. The van der Waals surface area contributed by atoms with Crippen LogP contribution in [0.15, 0.2) is 36.4 Å². The number of nitriles is 1. The molecule has 0 spiro atoms. The highest BCUT2D eigenvalue weighted by atomic mass is 35.5. The number of ether oxygens (including phenoxy) is 2. The zero-order valence-corrected chi connectivity index (χ0v) is 34.2. The van der Waals surface area contributed by atoms with E-state index in [0.29, 0.717) is 29.5 Å². The number of aliphatic hydroxyl groups is 1. The van der Waals surface area contributed by atoms with Gasteiger partial charge in [0.15, 0.2) is 0 Å². The summed E-state index contributed by atoms with van der Waals surface area (Å²) in [5, 5.41) is 22.5. The quantitative estimate of drug-likeness (QED) is 0.300. The van der Waals surface area contributed by atoms with Crippen LogP contribution in [0.2, 0.25) is 5.02 Å². The van der Waals surface area contributed by atoms with E-state index in [1.165, 1.54) is 4.90 Å². The van der Waals surface area contributed by atoms with Crippen LogP contribution < -0.4 is 20.7 Å². The Kier molecular flexibility index (Phi) is 11.4. The summed E-state index contributed by atoms with van der Waals surface area (Å²) < 4.78 is 12.3. The summed E-state index contributed by atoms with van der Waals surface area (Å²) in [6, 6.07) is 11.4. The standard InChI is InChI=1S/C42H55ClN6O7/c1-40(2,3)34(37(54)48-21-28(50)17-32(48)35(45)52)46-33(51)23-55-22-24-12-14-47(15-13-24)27-9-11-30-26(16-27)20-49(36(30)53)38-41(4,5)39(42(38,6)7)56-29-10-8-25(19-44)31(43)18-29/h8-11,16,18,24,28,32,34,38-39,50H,12-15,17,20-23H2,1-7H3,(H2,45,52)(H,46,51)/t28-,32+,34-,38-,39-/m1/s1. The highest BCUT2D eigenvalue weighted by Gasteiger charge is 2.67. The maximum absolute atomic E-state index is 13.9. The van der Waals surface area contributed by atoms with Gasteiger partial charge in [0.1, 0.15) is 36.6 Å². The number of piperidine rings is 1. The van der Waals surface area contributed by atoms with Crippen LogP contribution in [0, 0.1) is 33.5 Å². The number of rotatable bonds is 11. The van der Waals surface area contributed by atoms with Gasteiger partial charge in [0.05, 0.1) is 23.3 Å². The van der Waals surface area contributed by atoms with Gasteiger partial charge in [-0.15, -0.1) is 0 Å². The Balaban J connectivity index is 0.994. The second-order valence-corrected chi connectivity index (χ2v) is 18.6. The maximum Gasteiger partial charge on any atom is 0.254 e. The highest BCUT2D eigenvalue weighted by molar-refractivity contribution is 6.31. The van der Waals surface area contributed by atoms with Crippen LogP contribution >= 0.6 is 11.6 Å². The van der Waals surface area contributed by atoms with Gasteiger partial charge < -0.3 is 40.3 Å². The van der Waals surface area contributed by atoms with Crippen LogP contribution in [-0.2, 0) is 25.7 Å². The van der Waals surface area contributed by atoms with Crippen LogP contribution in [0.4, 0.5) is 5.69 Å². The number of primary amides is 1. The third kappa shape index (κ3) is 7.93. The van der Waals surface area contributed by atoms with Crippen molar-refractivity contribution in [3.05, 3.63) is 58.1 Å². The van der Waals surface area contributed by atoms with E-state index >= 15 is 0 Å². The number of aliphatic hydroxyl groups excluding tert-OH is 1. The van der Waals surface area contributed by atoms with Gasteiger partial charge in [-0.3, -0.25) is 19.2 Å². The topological polar surface area (TPSA) is 179 Å². The Bertz CT molecular complexity index is 1900. The fourth-order valence-electron chi connectivity index (χ4n) is 9.77. The first-order valence-electron chi connectivity index (χ1n) is 19.4. The number of hydrogen-bond acceptors (Lipinski definition) is 9. The lowest BCUT2D eigenvalue weighted by molar-refractivity contribution is -0.199. The molecule has 3 aliphatic heterocycles. The second kappa shape index (κ2) is 15.5. The van der Waals surface area contributed by atoms with Crippen molar-refractivity contribution >= 4 is 40.9 Å². The van der Waals surface area contributed by atoms with Crippen molar-refractivity contribution < 1.29 is 33.8 Å². The molecular weight excluding hydrogens is 736 g/mol. The number of amides is 4. The number of carbonyl (C=O) groups is 4. The molecule has 4 amide bonds. The first-order chi connectivity index (χ1) is 26.2. The SMILES string of the molecule is CC(C)(C)[C@H](NC(=O)COCC1CCN(c2ccc3c(c2)CN([C@H]2C(C)(C)[C@H](Oc4ccc(C#N)c(Cl)c4)C2(C)C)C3=O)CC1)C(=O)N1C[C@H](O)C[C@H]1C(N)=O. The van der Waals surface area contributed by atoms with Crippen LogP contribution in [0.5, 0.6) is 5.75 Å².